The molecule has 26 heavy (non-hydrogen) atoms. The van der Waals surface area contributed by atoms with Crippen LogP contribution in [0.1, 0.15) is 57.7 Å². The van der Waals surface area contributed by atoms with Gasteiger partial charge in [0.2, 0.25) is 0 Å². The molecule has 0 aliphatic heterocycles. The van der Waals surface area contributed by atoms with Crippen molar-refractivity contribution in [2.75, 3.05) is 26.7 Å². The van der Waals surface area contributed by atoms with Crippen molar-refractivity contribution < 1.29 is 4.39 Å². The summed E-state index contributed by atoms with van der Waals surface area (Å²) in [6, 6.07) is 5.95. The largest absolute Gasteiger partial charge is 0.357 e. The van der Waals surface area contributed by atoms with E-state index in [0.29, 0.717) is 11.6 Å². The van der Waals surface area contributed by atoms with Crippen LogP contribution in [0.2, 0.25) is 0 Å². The van der Waals surface area contributed by atoms with Gasteiger partial charge in [0.05, 0.1) is 6.04 Å². The molecule has 0 aliphatic carbocycles. The number of halogens is 2. The predicted molar refractivity (Wildman–Crippen MR) is 121 cm³/mol. The van der Waals surface area contributed by atoms with Gasteiger partial charge >= 0.3 is 0 Å². The van der Waals surface area contributed by atoms with Gasteiger partial charge in [-0.25, -0.2) is 4.39 Å². The minimum absolute atomic E-state index is 0. The molecule has 150 valence electrons. The van der Waals surface area contributed by atoms with E-state index in [1.807, 2.05) is 26.0 Å². The molecule has 0 saturated heterocycles. The number of unbranched alkanes of at least 4 members (excludes halogenated alkanes) is 1. The molecular weight excluding hydrogens is 442 g/mol. The summed E-state index contributed by atoms with van der Waals surface area (Å²) in [5.74, 6) is 0.621. The standard InChI is InChI=1S/C20H35FN4.HI/c1-7-22-20(23-12-8-9-13-25(6)15(2)3)24-17(5)18-11-10-16(4)19(21)14-18;/h10-11,14-15,17H,7-9,12-13H2,1-6H3,(H2,22,23,24);1H. The Morgan fingerprint density at radius 3 is 2.50 bits per heavy atom. The summed E-state index contributed by atoms with van der Waals surface area (Å²) in [5.41, 5.74) is 1.59. The molecule has 1 rings (SSSR count). The molecule has 1 aromatic rings. The third-order valence-corrected chi connectivity index (χ3v) is 4.46. The second kappa shape index (κ2) is 13.3. The van der Waals surface area contributed by atoms with E-state index in [-0.39, 0.29) is 35.8 Å². The van der Waals surface area contributed by atoms with Gasteiger partial charge in [-0.15, -0.1) is 24.0 Å². The maximum atomic E-state index is 13.8. The van der Waals surface area contributed by atoms with Gasteiger partial charge < -0.3 is 15.5 Å². The summed E-state index contributed by atoms with van der Waals surface area (Å²) in [4.78, 5) is 6.99. The molecule has 1 unspecified atom stereocenters. The van der Waals surface area contributed by atoms with Crippen molar-refractivity contribution >= 4 is 29.9 Å². The average Bonchev–Trinajstić information content (AvgIpc) is 2.56. The fourth-order valence-electron chi connectivity index (χ4n) is 2.41. The molecule has 0 fully saturated rings. The average molecular weight is 478 g/mol. The lowest BCUT2D eigenvalue weighted by Crippen LogP contribution is -2.38. The number of hydrogen-bond donors (Lipinski definition) is 2. The van der Waals surface area contributed by atoms with Gasteiger partial charge in [-0.05, 0) is 78.2 Å². The lowest BCUT2D eigenvalue weighted by molar-refractivity contribution is 0.269. The van der Waals surface area contributed by atoms with Gasteiger partial charge in [0.25, 0.3) is 0 Å². The summed E-state index contributed by atoms with van der Waals surface area (Å²) in [6.07, 6.45) is 2.19. The summed E-state index contributed by atoms with van der Waals surface area (Å²) < 4.78 is 13.8. The van der Waals surface area contributed by atoms with Crippen molar-refractivity contribution in [2.45, 2.75) is 59.5 Å². The number of guanidine groups is 1. The van der Waals surface area contributed by atoms with Crippen LogP contribution in [0.5, 0.6) is 0 Å². The van der Waals surface area contributed by atoms with Crippen LogP contribution in [-0.4, -0.2) is 43.6 Å². The maximum Gasteiger partial charge on any atom is 0.191 e. The molecule has 0 radical (unpaired) electrons. The minimum Gasteiger partial charge on any atom is -0.357 e. The number of hydrogen-bond acceptors (Lipinski definition) is 2. The third kappa shape index (κ3) is 9.16. The van der Waals surface area contributed by atoms with Gasteiger partial charge in [0.15, 0.2) is 5.96 Å². The minimum atomic E-state index is -0.164. The predicted octanol–water partition coefficient (Wildman–Crippen LogP) is 4.49. The van der Waals surface area contributed by atoms with Crippen LogP contribution in [-0.2, 0) is 0 Å². The van der Waals surface area contributed by atoms with E-state index < -0.39 is 0 Å². The second-order valence-corrected chi connectivity index (χ2v) is 6.92. The molecule has 4 nitrogen and oxygen atoms in total. The molecule has 1 aromatic carbocycles. The molecule has 1 atom stereocenters. The first-order valence-electron chi connectivity index (χ1n) is 9.36. The molecule has 0 bridgehead atoms. The fraction of sp³-hybridized carbons (Fsp3) is 0.650. The number of benzene rings is 1. The number of rotatable bonds is 9. The SMILES string of the molecule is CCNC(=NCCCCN(C)C(C)C)NC(C)c1ccc(C)c(F)c1.I. The Labute approximate surface area is 176 Å². The van der Waals surface area contributed by atoms with E-state index in [0.717, 1.165) is 44.0 Å². The highest BCUT2D eigenvalue weighted by molar-refractivity contribution is 14.0. The molecular formula is C20H36FIN4. The van der Waals surface area contributed by atoms with Crippen LogP contribution >= 0.6 is 24.0 Å². The van der Waals surface area contributed by atoms with Crippen molar-refractivity contribution in [1.29, 1.82) is 0 Å². The van der Waals surface area contributed by atoms with Gasteiger partial charge in [-0.1, -0.05) is 12.1 Å². The van der Waals surface area contributed by atoms with E-state index in [4.69, 9.17) is 0 Å². The number of aliphatic imine (C=N–C) groups is 1. The fourth-order valence-corrected chi connectivity index (χ4v) is 2.41. The van der Waals surface area contributed by atoms with Crippen molar-refractivity contribution in [1.82, 2.24) is 15.5 Å². The Balaban J connectivity index is 0.00000625. The van der Waals surface area contributed by atoms with Crippen LogP contribution in [0.4, 0.5) is 4.39 Å². The monoisotopic (exact) mass is 478 g/mol. The highest BCUT2D eigenvalue weighted by Gasteiger charge is 2.09. The summed E-state index contributed by atoms with van der Waals surface area (Å²) in [5, 5.41) is 6.62. The van der Waals surface area contributed by atoms with Gasteiger partial charge in [0.1, 0.15) is 5.82 Å². The number of nitrogens with one attached hydrogen (secondary N) is 2. The highest BCUT2D eigenvalue weighted by Crippen LogP contribution is 2.16. The topological polar surface area (TPSA) is 39.7 Å². The molecule has 0 aromatic heterocycles. The zero-order valence-corrected chi connectivity index (χ0v) is 19.4. The normalized spacial score (nSPS) is 12.9. The van der Waals surface area contributed by atoms with Crippen molar-refractivity contribution in [2.24, 2.45) is 4.99 Å². The summed E-state index contributed by atoms with van der Waals surface area (Å²) >= 11 is 0. The Morgan fingerprint density at radius 1 is 1.23 bits per heavy atom. The Morgan fingerprint density at radius 2 is 1.92 bits per heavy atom. The molecule has 6 heteroatoms. The quantitative estimate of drug-likeness (QED) is 0.238. The number of aryl methyl sites for hydroxylation is 1. The Bertz CT molecular complexity index is 549. The lowest BCUT2D eigenvalue weighted by atomic mass is 10.1. The van der Waals surface area contributed by atoms with Crippen LogP contribution in [0.3, 0.4) is 0 Å². The zero-order valence-electron chi connectivity index (χ0n) is 17.1. The van der Waals surface area contributed by atoms with Gasteiger partial charge in [0, 0.05) is 19.1 Å². The van der Waals surface area contributed by atoms with Crippen LogP contribution in [0.25, 0.3) is 0 Å². The van der Waals surface area contributed by atoms with E-state index in [2.05, 4.69) is 41.4 Å². The van der Waals surface area contributed by atoms with Crippen molar-refractivity contribution in [3.8, 4) is 0 Å². The molecule has 2 N–H and O–H groups in total. The Kier molecular flexibility index (Phi) is 12.8. The third-order valence-electron chi connectivity index (χ3n) is 4.46. The maximum absolute atomic E-state index is 13.8. The van der Waals surface area contributed by atoms with E-state index in [9.17, 15) is 4.39 Å². The van der Waals surface area contributed by atoms with E-state index in [1.165, 1.54) is 0 Å². The van der Waals surface area contributed by atoms with Crippen molar-refractivity contribution in [3.05, 3.63) is 35.1 Å². The van der Waals surface area contributed by atoms with Crippen LogP contribution in [0.15, 0.2) is 23.2 Å². The zero-order chi connectivity index (χ0) is 18.8. The first kappa shape index (κ1) is 25.1. The summed E-state index contributed by atoms with van der Waals surface area (Å²) in [6.45, 7) is 12.9. The molecule has 0 spiro atoms. The molecule has 0 aliphatic rings. The smallest absolute Gasteiger partial charge is 0.191 e. The first-order valence-corrected chi connectivity index (χ1v) is 9.36. The molecule has 0 heterocycles. The Hall–Kier alpha value is -0.890. The highest BCUT2D eigenvalue weighted by atomic mass is 127. The molecule has 0 saturated carbocycles. The molecule has 0 amide bonds. The van der Waals surface area contributed by atoms with Crippen LogP contribution < -0.4 is 10.6 Å². The van der Waals surface area contributed by atoms with Gasteiger partial charge in [-0.2, -0.15) is 0 Å². The van der Waals surface area contributed by atoms with Crippen molar-refractivity contribution in [3.63, 3.8) is 0 Å². The lowest BCUT2D eigenvalue weighted by Gasteiger charge is -2.20. The van der Waals surface area contributed by atoms with E-state index in [1.54, 1.807) is 13.0 Å². The van der Waals surface area contributed by atoms with Gasteiger partial charge in [-0.3, -0.25) is 4.99 Å². The summed E-state index contributed by atoms with van der Waals surface area (Å²) in [7, 11) is 2.15. The number of nitrogens with zero attached hydrogens (tertiary/aromatic N) is 2. The van der Waals surface area contributed by atoms with E-state index >= 15 is 0 Å². The second-order valence-electron chi connectivity index (χ2n) is 6.92. The first-order chi connectivity index (χ1) is 11.8. The van der Waals surface area contributed by atoms with Crippen LogP contribution in [0, 0.1) is 12.7 Å².